The number of rotatable bonds is 0. The van der Waals surface area contributed by atoms with E-state index in [1.54, 1.807) is 0 Å². The van der Waals surface area contributed by atoms with Gasteiger partial charge in [0.15, 0.2) is 0 Å². The number of hydrogen-bond donors (Lipinski definition) is 0. The Morgan fingerprint density at radius 1 is 0.355 bits per heavy atom. The normalized spacial score (nSPS) is 24.3. The summed E-state index contributed by atoms with van der Waals surface area (Å²) < 4.78 is 118. The molecule has 0 unspecified atom stereocenters. The Morgan fingerprint density at radius 3 is 0.484 bits per heavy atom. The summed E-state index contributed by atoms with van der Waals surface area (Å²) >= 11 is 0. The van der Waals surface area contributed by atoms with Crippen molar-refractivity contribution in [1.29, 1.82) is 0 Å². The first-order valence-corrected chi connectivity index (χ1v) is 11.8. The van der Waals surface area contributed by atoms with E-state index in [1.165, 1.54) is 29.6 Å². The third-order valence-corrected chi connectivity index (χ3v) is 3.48. The zero-order valence-corrected chi connectivity index (χ0v) is 19.6. The summed E-state index contributed by atoms with van der Waals surface area (Å²) in [5.41, 5.74) is 0. The van der Waals surface area contributed by atoms with Gasteiger partial charge in [0.2, 0.25) is 0 Å². The molecule has 0 amide bonds. The van der Waals surface area contributed by atoms with Crippen LogP contribution in [0.4, 0.5) is 50.4 Å². The van der Waals surface area contributed by atoms with E-state index < -0.39 is 15.6 Å². The first-order valence-electron chi connectivity index (χ1n) is 7.78. The standard InChI is InChI=1S/C10H15.C6H6.Co.2F6P/c1-6-7(2)9(4)10(5)8(6)3;1-2-4-6-5-3-1;;2*1-7(2,3,4,5)6/h1-5H3;1-6H;;;/q;;+3;2*-1. The predicted octanol–water partition coefficient (Wildman–Crippen LogP) is 11.0. The molecule has 0 saturated heterocycles. The summed E-state index contributed by atoms with van der Waals surface area (Å²) in [4.78, 5) is 0. The third-order valence-electron chi connectivity index (χ3n) is 3.48. The molecule has 0 aliphatic heterocycles. The molecule has 0 aromatic carbocycles. The fraction of sp³-hybridized carbons (Fsp3) is 0.312. The van der Waals surface area contributed by atoms with Crippen molar-refractivity contribution in [1.82, 2.24) is 0 Å². The third kappa shape index (κ3) is 35.3. The van der Waals surface area contributed by atoms with Crippen LogP contribution in [-0.2, 0) is 16.8 Å². The molecule has 15 heteroatoms. The minimum atomic E-state index is -10.7. The molecule has 0 bridgehead atoms. The average molecular weight is 562 g/mol. The fourth-order valence-electron chi connectivity index (χ4n) is 1.79. The van der Waals surface area contributed by atoms with Gasteiger partial charge in [-0.15, -0.1) is 0 Å². The van der Waals surface area contributed by atoms with E-state index in [-0.39, 0.29) is 16.8 Å². The van der Waals surface area contributed by atoms with Gasteiger partial charge in [-0.2, -0.15) is 0 Å². The van der Waals surface area contributed by atoms with Gasteiger partial charge >= 0.3 is 82.8 Å². The zero-order chi connectivity index (χ0) is 24.9. The van der Waals surface area contributed by atoms with Crippen molar-refractivity contribution >= 4 is 15.6 Å². The van der Waals surface area contributed by atoms with Crippen molar-refractivity contribution < 1.29 is 67.1 Å². The van der Waals surface area contributed by atoms with Crippen LogP contribution in [-0.4, -0.2) is 0 Å². The van der Waals surface area contributed by atoms with Gasteiger partial charge in [0.05, 0.1) is 0 Å². The molecule has 2 aliphatic rings. The summed E-state index contributed by atoms with van der Waals surface area (Å²) in [5, 5.41) is 0. The second-order valence-electron chi connectivity index (χ2n) is 6.20. The molecule has 2 rings (SSSR count). The van der Waals surface area contributed by atoms with Crippen molar-refractivity contribution in [3.8, 4) is 0 Å². The van der Waals surface area contributed by atoms with Gasteiger partial charge in [-0.05, 0) is 68.1 Å². The van der Waals surface area contributed by atoms with Crippen molar-refractivity contribution in [3.63, 3.8) is 0 Å². The SMILES string of the molecule is C[C]1[C](C)[C](C)[C](C)[C]1C.F[P-](F)(F)(F)(F)F.F[P-](F)(F)(F)(F)F.[CH]1[CH][CH][CH][CH][CH]1.[Co+3]. The molecule has 0 N–H and O–H groups in total. The Labute approximate surface area is 186 Å². The second-order valence-corrected chi connectivity index (χ2v) is 10.0. The van der Waals surface area contributed by atoms with E-state index in [0.29, 0.717) is 0 Å². The minimum Gasteiger partial charge on any atom is -0.0312 e. The van der Waals surface area contributed by atoms with Gasteiger partial charge < -0.3 is 0 Å². The van der Waals surface area contributed by atoms with E-state index >= 15 is 0 Å². The monoisotopic (exact) mass is 562 g/mol. The van der Waals surface area contributed by atoms with E-state index in [4.69, 9.17) is 0 Å². The van der Waals surface area contributed by atoms with E-state index in [2.05, 4.69) is 34.6 Å². The van der Waals surface area contributed by atoms with Gasteiger partial charge in [-0.3, -0.25) is 0 Å². The van der Waals surface area contributed by atoms with Gasteiger partial charge in [0, 0.05) is 0 Å². The Balaban J connectivity index is -0.000000341. The van der Waals surface area contributed by atoms with Crippen LogP contribution in [0.1, 0.15) is 34.6 Å². The average Bonchev–Trinajstić information content (AvgIpc) is 2.61. The first kappa shape index (κ1) is 36.1. The molecular weight excluding hydrogens is 541 g/mol. The smallest absolute Gasteiger partial charge is 0.0312 e. The molecule has 2 fully saturated rings. The predicted molar refractivity (Wildman–Crippen MR) is 97.5 cm³/mol. The molecule has 2 aliphatic carbocycles. The van der Waals surface area contributed by atoms with Gasteiger partial charge in [-0.25, -0.2) is 0 Å². The maximum Gasteiger partial charge on any atom is 3.00 e. The quantitative estimate of drug-likeness (QED) is 0.204. The maximum atomic E-state index is 9.87. The number of halogens is 12. The Morgan fingerprint density at radius 2 is 0.419 bits per heavy atom. The van der Waals surface area contributed by atoms with Crippen LogP contribution in [0.15, 0.2) is 0 Å². The molecule has 0 heterocycles. The molecule has 0 nitrogen and oxygen atoms in total. The van der Waals surface area contributed by atoms with Crippen LogP contribution in [0.25, 0.3) is 0 Å². The van der Waals surface area contributed by atoms with Crippen molar-refractivity contribution in [2.45, 2.75) is 34.6 Å². The summed E-state index contributed by atoms with van der Waals surface area (Å²) in [6.07, 6.45) is 12.0. The van der Waals surface area contributed by atoms with Crippen LogP contribution in [0.5, 0.6) is 0 Å². The van der Waals surface area contributed by atoms with Gasteiger partial charge in [0.1, 0.15) is 0 Å². The van der Waals surface area contributed by atoms with E-state index in [9.17, 15) is 50.4 Å². The van der Waals surface area contributed by atoms with E-state index in [0.717, 1.165) is 0 Å². The summed E-state index contributed by atoms with van der Waals surface area (Å²) in [5.74, 6) is 7.34. The van der Waals surface area contributed by atoms with Crippen LogP contribution in [0.2, 0.25) is 0 Å². The minimum absolute atomic E-state index is 0. The largest absolute Gasteiger partial charge is 3.00 e. The number of hydrogen-bond acceptors (Lipinski definition) is 0. The second kappa shape index (κ2) is 10.0. The summed E-state index contributed by atoms with van der Waals surface area (Å²) in [6, 6.07) is 0. The summed E-state index contributed by atoms with van der Waals surface area (Å²) in [7, 11) is -21.3. The molecule has 0 aromatic rings. The fourth-order valence-corrected chi connectivity index (χ4v) is 1.79. The molecule has 31 heavy (non-hydrogen) atoms. The van der Waals surface area contributed by atoms with E-state index in [1.807, 2.05) is 38.5 Å². The zero-order valence-electron chi connectivity index (χ0n) is 16.7. The van der Waals surface area contributed by atoms with Crippen molar-refractivity contribution in [3.05, 3.63) is 68.1 Å². The molecule has 0 atom stereocenters. The molecule has 2 saturated carbocycles. The molecular formula is C16H21CoF12P2+. The van der Waals surface area contributed by atoms with Crippen LogP contribution >= 0.6 is 15.6 Å². The maximum absolute atomic E-state index is 10.7. The van der Waals surface area contributed by atoms with Gasteiger partial charge in [0.25, 0.3) is 0 Å². The molecule has 0 aromatic heterocycles. The Kier molecular flexibility index (Phi) is 11.7. The molecule has 187 valence electrons. The summed E-state index contributed by atoms with van der Waals surface area (Å²) in [6.45, 7) is 11.0. The Hall–Kier alpha value is 0.526. The van der Waals surface area contributed by atoms with Crippen molar-refractivity contribution in [2.24, 2.45) is 0 Å². The van der Waals surface area contributed by atoms with Crippen LogP contribution < -0.4 is 0 Å². The Bertz CT molecular complexity index is 416. The molecule has 11 radical (unpaired) electrons. The van der Waals surface area contributed by atoms with Crippen molar-refractivity contribution in [2.75, 3.05) is 0 Å². The molecule has 0 spiro atoms. The van der Waals surface area contributed by atoms with Gasteiger partial charge in [-0.1, -0.05) is 34.6 Å². The van der Waals surface area contributed by atoms with Crippen LogP contribution in [0, 0.1) is 68.1 Å². The van der Waals surface area contributed by atoms with Crippen LogP contribution in [0.3, 0.4) is 0 Å². The topological polar surface area (TPSA) is 0 Å². The first-order chi connectivity index (χ1) is 12.5.